The summed E-state index contributed by atoms with van der Waals surface area (Å²) in [6.07, 6.45) is -0.440. The summed E-state index contributed by atoms with van der Waals surface area (Å²) in [5, 5.41) is 16.2. The third-order valence-electron chi connectivity index (χ3n) is 1.83. The molecule has 1 heterocycles. The molecule has 5 nitrogen and oxygen atoms in total. The molecule has 0 aliphatic carbocycles. The maximum absolute atomic E-state index is 11.2. The van der Waals surface area contributed by atoms with E-state index in [1.165, 1.54) is 0 Å². The number of anilines is 1. The van der Waals surface area contributed by atoms with Gasteiger partial charge in [0.25, 0.3) is 0 Å². The third kappa shape index (κ3) is 4.18. The zero-order valence-electron chi connectivity index (χ0n) is 9.16. The van der Waals surface area contributed by atoms with Crippen LogP contribution in [0.15, 0.2) is 11.4 Å². The van der Waals surface area contributed by atoms with E-state index in [1.807, 2.05) is 11.4 Å². The fourth-order valence-electron chi connectivity index (χ4n) is 1.15. The summed E-state index contributed by atoms with van der Waals surface area (Å²) in [6, 6.07) is 1.83. The Balaban J connectivity index is 2.46. The molecule has 1 rings (SSSR count). The highest BCUT2D eigenvalue weighted by Crippen LogP contribution is 2.22. The first kappa shape index (κ1) is 13.0. The molecule has 90 valence electrons. The van der Waals surface area contributed by atoms with Crippen molar-refractivity contribution in [1.29, 1.82) is 0 Å². The first-order valence-corrected chi connectivity index (χ1v) is 5.97. The molecule has 1 amide bonds. The standard InChI is InChI=1S/C10H16N2O3S/c1-2-15-10(14)12-8-3-6-16-9(8)7-11-4-5-13/h3,6,11,13H,2,4-5,7H2,1H3,(H,12,14). The Morgan fingerprint density at radius 1 is 1.62 bits per heavy atom. The van der Waals surface area contributed by atoms with Gasteiger partial charge in [-0.1, -0.05) is 0 Å². The van der Waals surface area contributed by atoms with Gasteiger partial charge in [0.1, 0.15) is 0 Å². The normalized spacial score (nSPS) is 10.1. The Hall–Kier alpha value is -1.11. The van der Waals surface area contributed by atoms with Crippen LogP contribution in [0, 0.1) is 0 Å². The maximum Gasteiger partial charge on any atom is 0.411 e. The highest BCUT2D eigenvalue weighted by atomic mass is 32.1. The number of amides is 1. The monoisotopic (exact) mass is 244 g/mol. The van der Waals surface area contributed by atoms with Gasteiger partial charge in [0.2, 0.25) is 0 Å². The summed E-state index contributed by atoms with van der Waals surface area (Å²) in [5.41, 5.74) is 0.758. The van der Waals surface area contributed by atoms with Crippen LogP contribution in [0.4, 0.5) is 10.5 Å². The van der Waals surface area contributed by atoms with Crippen LogP contribution in [0.5, 0.6) is 0 Å². The molecule has 0 saturated carbocycles. The van der Waals surface area contributed by atoms with Crippen LogP contribution in [0.1, 0.15) is 11.8 Å². The van der Waals surface area contributed by atoms with Gasteiger partial charge in [-0.25, -0.2) is 4.79 Å². The zero-order chi connectivity index (χ0) is 11.8. The number of nitrogens with one attached hydrogen (secondary N) is 2. The van der Waals surface area contributed by atoms with Crippen LogP contribution in [0.2, 0.25) is 0 Å². The van der Waals surface area contributed by atoms with Crippen LogP contribution < -0.4 is 10.6 Å². The predicted molar refractivity (Wildman–Crippen MR) is 63.8 cm³/mol. The van der Waals surface area contributed by atoms with Gasteiger partial charge in [-0.2, -0.15) is 0 Å². The number of ether oxygens (including phenoxy) is 1. The summed E-state index contributed by atoms with van der Waals surface area (Å²) < 4.78 is 4.79. The van der Waals surface area contributed by atoms with E-state index in [2.05, 4.69) is 10.6 Å². The molecule has 0 radical (unpaired) electrons. The minimum absolute atomic E-state index is 0.103. The lowest BCUT2D eigenvalue weighted by molar-refractivity contribution is 0.168. The Morgan fingerprint density at radius 2 is 2.44 bits per heavy atom. The molecule has 1 aromatic rings. The molecule has 0 bridgehead atoms. The highest BCUT2D eigenvalue weighted by Gasteiger charge is 2.07. The van der Waals surface area contributed by atoms with Crippen molar-refractivity contribution in [2.45, 2.75) is 13.5 Å². The largest absolute Gasteiger partial charge is 0.450 e. The molecule has 0 unspecified atom stereocenters. The van der Waals surface area contributed by atoms with Gasteiger partial charge >= 0.3 is 6.09 Å². The molecular formula is C10H16N2O3S. The van der Waals surface area contributed by atoms with Gasteiger partial charge in [-0.15, -0.1) is 11.3 Å². The second kappa shape index (κ2) is 7.21. The molecule has 0 saturated heterocycles. The van der Waals surface area contributed by atoms with E-state index >= 15 is 0 Å². The summed E-state index contributed by atoms with van der Waals surface area (Å²) in [6.45, 7) is 3.38. The molecule has 0 fully saturated rings. The van der Waals surface area contributed by atoms with Crippen molar-refractivity contribution in [1.82, 2.24) is 5.32 Å². The van der Waals surface area contributed by atoms with Gasteiger partial charge < -0.3 is 15.2 Å². The molecule has 6 heteroatoms. The summed E-state index contributed by atoms with van der Waals surface area (Å²) in [7, 11) is 0. The molecule has 1 aromatic heterocycles. The Morgan fingerprint density at radius 3 is 3.12 bits per heavy atom. The lowest BCUT2D eigenvalue weighted by Crippen LogP contribution is -2.19. The molecule has 0 aromatic carbocycles. The average molecular weight is 244 g/mol. The van der Waals surface area contributed by atoms with Crippen LogP contribution >= 0.6 is 11.3 Å². The van der Waals surface area contributed by atoms with Crippen molar-refractivity contribution < 1.29 is 14.6 Å². The lowest BCUT2D eigenvalue weighted by Gasteiger charge is -2.06. The Labute approximate surface area is 98.4 Å². The van der Waals surface area contributed by atoms with Gasteiger partial charge in [0, 0.05) is 18.0 Å². The zero-order valence-corrected chi connectivity index (χ0v) is 9.97. The van der Waals surface area contributed by atoms with Crippen LogP contribution in [0.25, 0.3) is 0 Å². The van der Waals surface area contributed by atoms with Gasteiger partial charge in [-0.3, -0.25) is 5.32 Å². The fourth-order valence-corrected chi connectivity index (χ4v) is 1.95. The van der Waals surface area contributed by atoms with Gasteiger partial charge in [-0.05, 0) is 18.4 Å². The SMILES string of the molecule is CCOC(=O)Nc1ccsc1CNCCO. The quantitative estimate of drug-likeness (QED) is 0.661. The van der Waals surface area contributed by atoms with Crippen LogP contribution in [0.3, 0.4) is 0 Å². The molecule has 0 spiro atoms. The minimum atomic E-state index is -0.440. The number of carbonyl (C=O) groups excluding carboxylic acids is 1. The highest BCUT2D eigenvalue weighted by molar-refractivity contribution is 7.10. The summed E-state index contributed by atoms with van der Waals surface area (Å²) >= 11 is 1.55. The van der Waals surface area contributed by atoms with Crippen molar-refractivity contribution in [2.75, 3.05) is 25.1 Å². The van der Waals surface area contributed by atoms with Crippen LogP contribution in [-0.4, -0.2) is 31.0 Å². The molecule has 3 N–H and O–H groups in total. The maximum atomic E-state index is 11.2. The Kier molecular flexibility index (Phi) is 5.84. The summed E-state index contributed by atoms with van der Waals surface area (Å²) in [5.74, 6) is 0. The molecule has 0 aliphatic heterocycles. The summed E-state index contributed by atoms with van der Waals surface area (Å²) in [4.78, 5) is 12.2. The number of hydrogen-bond acceptors (Lipinski definition) is 5. The predicted octanol–water partition coefficient (Wildman–Crippen LogP) is 1.40. The minimum Gasteiger partial charge on any atom is -0.450 e. The number of hydrogen-bond donors (Lipinski definition) is 3. The van der Waals surface area contributed by atoms with Crippen molar-refractivity contribution in [3.63, 3.8) is 0 Å². The lowest BCUT2D eigenvalue weighted by atomic mass is 10.4. The van der Waals surface area contributed by atoms with Crippen molar-refractivity contribution >= 4 is 23.1 Å². The molecule has 0 aliphatic rings. The first-order valence-electron chi connectivity index (χ1n) is 5.09. The van der Waals surface area contributed by atoms with E-state index in [0.717, 1.165) is 10.6 Å². The van der Waals surface area contributed by atoms with E-state index in [1.54, 1.807) is 18.3 Å². The van der Waals surface area contributed by atoms with E-state index < -0.39 is 6.09 Å². The fraction of sp³-hybridized carbons (Fsp3) is 0.500. The molecular weight excluding hydrogens is 228 g/mol. The number of carbonyl (C=O) groups is 1. The van der Waals surface area contributed by atoms with Crippen molar-refractivity contribution in [2.24, 2.45) is 0 Å². The average Bonchev–Trinajstić information content (AvgIpc) is 2.66. The van der Waals surface area contributed by atoms with Crippen LogP contribution in [-0.2, 0) is 11.3 Å². The number of aliphatic hydroxyl groups excluding tert-OH is 1. The Bertz CT molecular complexity index is 328. The van der Waals surface area contributed by atoms with E-state index in [4.69, 9.17) is 9.84 Å². The number of aliphatic hydroxyl groups is 1. The third-order valence-corrected chi connectivity index (χ3v) is 2.75. The van der Waals surface area contributed by atoms with E-state index in [9.17, 15) is 4.79 Å². The topological polar surface area (TPSA) is 70.6 Å². The molecule has 16 heavy (non-hydrogen) atoms. The first-order chi connectivity index (χ1) is 7.77. The second-order valence-corrected chi connectivity index (χ2v) is 4.00. The second-order valence-electron chi connectivity index (χ2n) is 3.00. The van der Waals surface area contributed by atoms with E-state index in [0.29, 0.717) is 19.7 Å². The van der Waals surface area contributed by atoms with Gasteiger partial charge in [0.15, 0.2) is 0 Å². The number of rotatable bonds is 6. The van der Waals surface area contributed by atoms with E-state index in [-0.39, 0.29) is 6.61 Å². The van der Waals surface area contributed by atoms with Gasteiger partial charge in [0.05, 0.1) is 18.9 Å². The number of thiophene rings is 1. The molecule has 0 atom stereocenters. The van der Waals surface area contributed by atoms with Crippen molar-refractivity contribution in [3.05, 3.63) is 16.3 Å². The van der Waals surface area contributed by atoms with Crippen molar-refractivity contribution in [3.8, 4) is 0 Å². The smallest absolute Gasteiger partial charge is 0.411 e.